The molecule has 2 spiro atoms. The van der Waals surface area contributed by atoms with Gasteiger partial charge in [0.15, 0.2) is 5.78 Å². The van der Waals surface area contributed by atoms with Crippen LogP contribution in [0.15, 0.2) is 36.0 Å². The normalized spacial score (nSPS) is 40.6. The monoisotopic (exact) mass is 318 g/mol. The van der Waals surface area contributed by atoms with Gasteiger partial charge in [0.2, 0.25) is 0 Å². The summed E-state index contributed by atoms with van der Waals surface area (Å²) in [6.07, 6.45) is 15.6. The van der Waals surface area contributed by atoms with Crippen LogP contribution >= 0.6 is 23.5 Å². The van der Waals surface area contributed by atoms with Gasteiger partial charge in [-0.3, -0.25) is 4.79 Å². The van der Waals surface area contributed by atoms with Gasteiger partial charge in [0.05, 0.1) is 9.49 Å². The highest BCUT2D eigenvalue weighted by molar-refractivity contribution is 8.18. The average molecular weight is 319 g/mol. The molecule has 1 nitrogen and oxygen atoms in total. The van der Waals surface area contributed by atoms with E-state index in [1.807, 2.05) is 0 Å². The minimum absolute atomic E-state index is 0.0815. The first-order chi connectivity index (χ1) is 10.2. The van der Waals surface area contributed by atoms with Crippen molar-refractivity contribution in [3.8, 4) is 0 Å². The van der Waals surface area contributed by atoms with Crippen molar-refractivity contribution in [2.75, 3.05) is 11.5 Å². The number of Topliss-reactive ketones (excluding diaryl/α,β-unsaturated/α-hetero) is 1. The smallest absolute Gasteiger partial charge is 0.152 e. The van der Waals surface area contributed by atoms with Crippen molar-refractivity contribution in [3.63, 3.8) is 0 Å². The van der Waals surface area contributed by atoms with Gasteiger partial charge in [0.25, 0.3) is 0 Å². The number of allylic oxidation sites excluding steroid dienone is 6. The standard InChI is InChI=1S/C18H22OS2/c1-13-6-7-14-5-2-3-9-17(16(14)19)15(13)8-10-18(17)20-11-4-12-21-18/h2-3,5-6,9,14-15H,4,7-8,10-12H2,1H3/t14-,15+,17-/m1/s1. The molecule has 3 heteroatoms. The number of rotatable bonds is 0. The molecule has 0 aromatic rings. The second kappa shape index (κ2) is 5.06. The van der Waals surface area contributed by atoms with Gasteiger partial charge in [-0.05, 0) is 50.0 Å². The van der Waals surface area contributed by atoms with Crippen LogP contribution in [0.3, 0.4) is 0 Å². The fourth-order valence-corrected chi connectivity index (χ4v) is 8.58. The first-order valence-corrected chi connectivity index (χ1v) is 10.0. The van der Waals surface area contributed by atoms with Gasteiger partial charge in [0.1, 0.15) is 0 Å². The highest BCUT2D eigenvalue weighted by Crippen LogP contribution is 2.68. The summed E-state index contributed by atoms with van der Waals surface area (Å²) in [6.45, 7) is 2.26. The lowest BCUT2D eigenvalue weighted by Crippen LogP contribution is -2.50. The van der Waals surface area contributed by atoms with E-state index in [-0.39, 0.29) is 15.4 Å². The second-order valence-electron chi connectivity index (χ2n) is 6.66. The summed E-state index contributed by atoms with van der Waals surface area (Å²) < 4.78 is 0.0905. The Labute approximate surface area is 135 Å². The lowest BCUT2D eigenvalue weighted by Gasteiger charge is -2.47. The molecule has 0 N–H and O–H groups in total. The maximum absolute atomic E-state index is 13.5. The third-order valence-electron chi connectivity index (χ3n) is 5.70. The minimum atomic E-state index is -0.270. The van der Waals surface area contributed by atoms with E-state index in [1.54, 1.807) is 0 Å². The van der Waals surface area contributed by atoms with E-state index in [9.17, 15) is 4.79 Å². The second-order valence-corrected chi connectivity index (χ2v) is 9.71. The molecule has 2 fully saturated rings. The lowest BCUT2D eigenvalue weighted by molar-refractivity contribution is -0.129. The maximum Gasteiger partial charge on any atom is 0.152 e. The molecule has 0 aromatic heterocycles. The quantitative estimate of drug-likeness (QED) is 0.607. The van der Waals surface area contributed by atoms with E-state index in [0.717, 1.165) is 6.42 Å². The van der Waals surface area contributed by atoms with Gasteiger partial charge in [-0.2, -0.15) is 0 Å². The van der Waals surface area contributed by atoms with Crippen LogP contribution in [0.1, 0.15) is 32.6 Å². The van der Waals surface area contributed by atoms with Gasteiger partial charge in [0, 0.05) is 5.92 Å². The zero-order chi connectivity index (χ0) is 14.5. The summed E-state index contributed by atoms with van der Waals surface area (Å²) in [5, 5.41) is 0. The van der Waals surface area contributed by atoms with Crippen molar-refractivity contribution >= 4 is 29.3 Å². The Bertz CT molecular complexity index is 554. The lowest BCUT2D eigenvalue weighted by atomic mass is 9.69. The third kappa shape index (κ3) is 1.83. The van der Waals surface area contributed by atoms with Crippen LogP contribution in [0.25, 0.3) is 0 Å². The molecule has 21 heavy (non-hydrogen) atoms. The van der Waals surface area contributed by atoms with Crippen LogP contribution in [-0.4, -0.2) is 21.4 Å². The molecule has 2 bridgehead atoms. The molecule has 1 aliphatic heterocycles. The van der Waals surface area contributed by atoms with E-state index < -0.39 is 0 Å². The fourth-order valence-electron chi connectivity index (χ4n) is 4.70. The Morgan fingerprint density at radius 1 is 1.24 bits per heavy atom. The zero-order valence-corrected chi connectivity index (χ0v) is 14.1. The van der Waals surface area contributed by atoms with Crippen LogP contribution in [0.2, 0.25) is 0 Å². The van der Waals surface area contributed by atoms with Gasteiger partial charge < -0.3 is 0 Å². The van der Waals surface area contributed by atoms with Crippen LogP contribution in [-0.2, 0) is 4.79 Å². The number of fused-ring (bicyclic) bond motifs is 1. The molecule has 3 aliphatic carbocycles. The van der Waals surface area contributed by atoms with Crippen molar-refractivity contribution in [1.82, 2.24) is 0 Å². The molecule has 1 saturated heterocycles. The highest BCUT2D eigenvalue weighted by atomic mass is 32.2. The summed E-state index contributed by atoms with van der Waals surface area (Å²) >= 11 is 4.16. The van der Waals surface area contributed by atoms with Crippen molar-refractivity contribution in [2.45, 2.75) is 36.7 Å². The molecule has 3 atom stereocenters. The van der Waals surface area contributed by atoms with Crippen molar-refractivity contribution in [1.29, 1.82) is 0 Å². The molecular formula is C18H22OS2. The molecule has 4 aliphatic rings. The molecule has 0 aromatic carbocycles. The highest BCUT2D eigenvalue weighted by Gasteiger charge is 2.65. The minimum Gasteiger partial charge on any atom is -0.298 e. The maximum atomic E-state index is 13.5. The number of ketones is 1. The Kier molecular flexibility index (Phi) is 3.42. The van der Waals surface area contributed by atoms with E-state index in [1.165, 1.54) is 36.3 Å². The van der Waals surface area contributed by atoms with Crippen LogP contribution < -0.4 is 0 Å². The van der Waals surface area contributed by atoms with Gasteiger partial charge in [-0.25, -0.2) is 0 Å². The summed E-state index contributed by atoms with van der Waals surface area (Å²) in [4.78, 5) is 13.5. The number of hydrogen-bond donors (Lipinski definition) is 0. The SMILES string of the molecule is CC1=CC[C@H]2C=CC=C[C@]3(C2=O)[C@H]1CCC31SCCCS1. The average Bonchev–Trinajstić information content (AvgIpc) is 2.64. The third-order valence-corrected chi connectivity index (χ3v) is 9.41. The molecule has 0 unspecified atom stereocenters. The molecule has 1 heterocycles. The van der Waals surface area contributed by atoms with E-state index in [0.29, 0.717) is 11.7 Å². The van der Waals surface area contributed by atoms with Gasteiger partial charge in [-0.15, -0.1) is 23.5 Å². The zero-order valence-electron chi connectivity index (χ0n) is 12.5. The number of thioether (sulfide) groups is 2. The number of hydrogen-bond acceptors (Lipinski definition) is 3. The Balaban J connectivity index is 1.91. The van der Waals surface area contributed by atoms with E-state index >= 15 is 0 Å². The largest absolute Gasteiger partial charge is 0.298 e. The topological polar surface area (TPSA) is 17.1 Å². The first kappa shape index (κ1) is 14.2. The number of carbonyl (C=O) groups is 1. The van der Waals surface area contributed by atoms with E-state index in [4.69, 9.17) is 0 Å². The molecule has 112 valence electrons. The first-order valence-electron chi connectivity index (χ1n) is 8.04. The van der Waals surface area contributed by atoms with Gasteiger partial charge in [-0.1, -0.05) is 36.0 Å². The van der Waals surface area contributed by atoms with Gasteiger partial charge >= 0.3 is 0 Å². The van der Waals surface area contributed by atoms with Crippen LogP contribution in [0, 0.1) is 17.3 Å². The summed E-state index contributed by atoms with van der Waals surface area (Å²) in [5.74, 6) is 3.42. The Morgan fingerprint density at radius 2 is 2.05 bits per heavy atom. The Morgan fingerprint density at radius 3 is 2.86 bits per heavy atom. The predicted molar refractivity (Wildman–Crippen MR) is 92.6 cm³/mol. The Hall–Kier alpha value is -0.410. The van der Waals surface area contributed by atoms with E-state index in [2.05, 4.69) is 60.8 Å². The molecular weight excluding hydrogens is 296 g/mol. The number of carbonyl (C=O) groups excluding carboxylic acids is 1. The molecule has 0 amide bonds. The fraction of sp³-hybridized carbons (Fsp3) is 0.611. The summed E-state index contributed by atoms with van der Waals surface area (Å²) in [6, 6.07) is 0. The van der Waals surface area contributed by atoms with Crippen LogP contribution in [0.5, 0.6) is 0 Å². The predicted octanol–water partition coefficient (Wildman–Crippen LogP) is 4.61. The summed E-state index contributed by atoms with van der Waals surface area (Å²) in [5.41, 5.74) is 1.18. The molecule has 0 radical (unpaired) electrons. The van der Waals surface area contributed by atoms with Crippen LogP contribution in [0.4, 0.5) is 0 Å². The molecule has 4 rings (SSSR count). The van der Waals surface area contributed by atoms with Crippen molar-refractivity contribution in [3.05, 3.63) is 36.0 Å². The molecule has 1 saturated carbocycles. The van der Waals surface area contributed by atoms with Crippen molar-refractivity contribution in [2.24, 2.45) is 17.3 Å². The van der Waals surface area contributed by atoms with Crippen molar-refractivity contribution < 1.29 is 4.79 Å². The summed E-state index contributed by atoms with van der Waals surface area (Å²) in [7, 11) is 0.